The average molecular weight is 356 g/mol. The van der Waals surface area contributed by atoms with E-state index in [1.807, 2.05) is 32.9 Å². The molecule has 1 aromatic carbocycles. The summed E-state index contributed by atoms with van der Waals surface area (Å²) in [5.41, 5.74) is 1.74. The highest BCUT2D eigenvalue weighted by molar-refractivity contribution is 5.97. The fraction of sp³-hybridized carbons (Fsp3) is 0.476. The van der Waals surface area contributed by atoms with Gasteiger partial charge in [-0.3, -0.25) is 0 Å². The molecule has 0 spiro atoms. The summed E-state index contributed by atoms with van der Waals surface area (Å²) in [5.74, 6) is 1.13. The van der Waals surface area contributed by atoms with Crippen molar-refractivity contribution in [3.63, 3.8) is 0 Å². The zero-order chi connectivity index (χ0) is 18.6. The molecule has 2 atom stereocenters. The lowest BCUT2D eigenvalue weighted by Gasteiger charge is -2.34. The Balaban J connectivity index is 2.17. The maximum Gasteiger partial charge on any atom is 0.336 e. The molecular weight excluding hydrogens is 332 g/mol. The SMILES string of the molecule is CCCc1cc(=O)oc2c3c(c4c(c12)OC(C)(C)C=C4)OC[C@H](C)[C@H]3O. The Labute approximate surface area is 152 Å². The van der Waals surface area contributed by atoms with Crippen molar-refractivity contribution in [1.29, 1.82) is 0 Å². The van der Waals surface area contributed by atoms with E-state index in [1.54, 1.807) is 0 Å². The Kier molecular flexibility index (Phi) is 3.88. The molecule has 2 aliphatic rings. The number of rotatable bonds is 2. The Morgan fingerprint density at radius 1 is 1.31 bits per heavy atom. The van der Waals surface area contributed by atoms with Crippen LogP contribution in [0.1, 0.15) is 56.9 Å². The quantitative estimate of drug-likeness (QED) is 0.824. The molecule has 0 saturated heterocycles. The minimum atomic E-state index is -0.755. The van der Waals surface area contributed by atoms with Crippen LogP contribution >= 0.6 is 0 Å². The van der Waals surface area contributed by atoms with E-state index in [2.05, 4.69) is 6.92 Å². The summed E-state index contributed by atoms with van der Waals surface area (Å²) >= 11 is 0. The molecule has 3 heterocycles. The number of fused-ring (bicyclic) bond motifs is 6. The molecule has 5 nitrogen and oxygen atoms in total. The molecule has 0 saturated carbocycles. The molecule has 26 heavy (non-hydrogen) atoms. The fourth-order valence-electron chi connectivity index (χ4n) is 3.79. The smallest absolute Gasteiger partial charge is 0.336 e. The molecule has 1 N–H and O–H groups in total. The molecule has 2 aromatic rings. The lowest BCUT2D eigenvalue weighted by molar-refractivity contribution is 0.0599. The molecule has 0 bridgehead atoms. The minimum Gasteiger partial charge on any atom is -0.492 e. The Morgan fingerprint density at radius 2 is 2.08 bits per heavy atom. The van der Waals surface area contributed by atoms with Crippen molar-refractivity contribution in [3.8, 4) is 11.5 Å². The minimum absolute atomic E-state index is 0.0891. The van der Waals surface area contributed by atoms with Gasteiger partial charge in [-0.15, -0.1) is 0 Å². The van der Waals surface area contributed by atoms with Crippen LogP contribution in [0.3, 0.4) is 0 Å². The molecule has 0 aliphatic carbocycles. The predicted octanol–water partition coefficient (Wildman–Crippen LogP) is 3.99. The number of aliphatic hydroxyl groups excluding tert-OH is 1. The van der Waals surface area contributed by atoms with Gasteiger partial charge in [-0.05, 0) is 38.0 Å². The van der Waals surface area contributed by atoms with Crippen molar-refractivity contribution < 1.29 is 19.0 Å². The number of hydrogen-bond donors (Lipinski definition) is 1. The van der Waals surface area contributed by atoms with Crippen LogP contribution in [0.15, 0.2) is 21.4 Å². The Morgan fingerprint density at radius 3 is 2.81 bits per heavy atom. The van der Waals surface area contributed by atoms with Crippen LogP contribution in [0.25, 0.3) is 17.0 Å². The summed E-state index contributed by atoms with van der Waals surface area (Å²) in [5, 5.41) is 11.6. The second-order valence-electron chi connectivity index (χ2n) is 7.80. The maximum absolute atomic E-state index is 12.2. The standard InChI is InChI=1S/C21H24O5/c1-5-6-12-9-14(22)25-20-15(12)19-13(7-8-21(3,4)26-19)18-16(20)17(23)11(2)10-24-18/h7-9,11,17,23H,5-6,10H2,1-4H3/t11-,17+/m0/s1. The first-order valence-electron chi connectivity index (χ1n) is 9.18. The van der Waals surface area contributed by atoms with Gasteiger partial charge in [0.05, 0.1) is 29.2 Å². The monoisotopic (exact) mass is 356 g/mol. The average Bonchev–Trinajstić information content (AvgIpc) is 2.56. The number of hydrogen-bond acceptors (Lipinski definition) is 5. The van der Waals surface area contributed by atoms with E-state index in [-0.39, 0.29) is 5.92 Å². The van der Waals surface area contributed by atoms with Gasteiger partial charge < -0.3 is 19.0 Å². The van der Waals surface area contributed by atoms with Crippen LogP contribution in [0.2, 0.25) is 0 Å². The van der Waals surface area contributed by atoms with Crippen molar-refractivity contribution in [1.82, 2.24) is 0 Å². The zero-order valence-corrected chi connectivity index (χ0v) is 15.6. The van der Waals surface area contributed by atoms with Gasteiger partial charge in [-0.1, -0.05) is 20.3 Å². The predicted molar refractivity (Wildman–Crippen MR) is 99.8 cm³/mol. The molecule has 0 fully saturated rings. The largest absolute Gasteiger partial charge is 0.492 e. The molecule has 0 radical (unpaired) electrons. The van der Waals surface area contributed by atoms with Gasteiger partial charge >= 0.3 is 5.63 Å². The van der Waals surface area contributed by atoms with Crippen LogP contribution in [0.5, 0.6) is 11.5 Å². The molecule has 4 rings (SSSR count). The van der Waals surface area contributed by atoms with E-state index >= 15 is 0 Å². The summed E-state index contributed by atoms with van der Waals surface area (Å²) in [6.07, 6.45) is 4.83. The normalized spacial score (nSPS) is 23.1. The van der Waals surface area contributed by atoms with Crippen LogP contribution in [0, 0.1) is 5.92 Å². The topological polar surface area (TPSA) is 68.9 Å². The molecule has 138 valence electrons. The highest BCUT2D eigenvalue weighted by Gasteiger charge is 2.37. The first-order valence-corrected chi connectivity index (χ1v) is 9.18. The van der Waals surface area contributed by atoms with E-state index in [4.69, 9.17) is 13.9 Å². The fourth-order valence-corrected chi connectivity index (χ4v) is 3.79. The second-order valence-corrected chi connectivity index (χ2v) is 7.80. The molecule has 5 heteroatoms. The number of aliphatic hydroxyl groups is 1. The molecule has 0 unspecified atom stereocenters. The maximum atomic E-state index is 12.2. The Hall–Kier alpha value is -2.27. The third-order valence-electron chi connectivity index (χ3n) is 5.11. The van der Waals surface area contributed by atoms with Gasteiger partial charge in [0.1, 0.15) is 17.1 Å². The highest BCUT2D eigenvalue weighted by atomic mass is 16.5. The second kappa shape index (κ2) is 5.88. The van der Waals surface area contributed by atoms with Crippen molar-refractivity contribution in [2.24, 2.45) is 5.92 Å². The van der Waals surface area contributed by atoms with Crippen molar-refractivity contribution >= 4 is 17.0 Å². The van der Waals surface area contributed by atoms with Crippen molar-refractivity contribution in [2.45, 2.75) is 52.2 Å². The molecule has 1 aromatic heterocycles. The van der Waals surface area contributed by atoms with Gasteiger partial charge in [0.15, 0.2) is 5.58 Å². The summed E-state index contributed by atoms with van der Waals surface area (Å²) in [6.45, 7) is 8.35. The number of ether oxygens (including phenoxy) is 2. The molecule has 0 amide bonds. The van der Waals surface area contributed by atoms with Crippen LogP contribution < -0.4 is 15.1 Å². The van der Waals surface area contributed by atoms with E-state index in [9.17, 15) is 9.90 Å². The van der Waals surface area contributed by atoms with Gasteiger partial charge in [-0.25, -0.2) is 4.79 Å². The van der Waals surface area contributed by atoms with E-state index in [1.165, 1.54) is 6.07 Å². The third kappa shape index (κ3) is 2.53. The van der Waals surface area contributed by atoms with E-state index in [0.717, 1.165) is 29.4 Å². The lowest BCUT2D eigenvalue weighted by atomic mass is 9.87. The lowest BCUT2D eigenvalue weighted by Crippen LogP contribution is -2.30. The third-order valence-corrected chi connectivity index (χ3v) is 5.11. The molecular formula is C21H24O5. The van der Waals surface area contributed by atoms with Crippen LogP contribution in [0.4, 0.5) is 0 Å². The zero-order valence-electron chi connectivity index (χ0n) is 15.6. The first-order chi connectivity index (χ1) is 12.3. The van der Waals surface area contributed by atoms with Gasteiger partial charge in [-0.2, -0.15) is 0 Å². The number of aryl methyl sites for hydroxylation is 1. The first kappa shape index (κ1) is 17.2. The van der Waals surface area contributed by atoms with Gasteiger partial charge in [0.25, 0.3) is 0 Å². The van der Waals surface area contributed by atoms with Crippen molar-refractivity contribution in [2.75, 3.05) is 6.61 Å². The summed E-state index contributed by atoms with van der Waals surface area (Å²) in [6, 6.07) is 1.53. The number of benzene rings is 1. The molecule has 2 aliphatic heterocycles. The van der Waals surface area contributed by atoms with Gasteiger partial charge in [0.2, 0.25) is 0 Å². The Bertz CT molecular complexity index is 967. The summed E-state index contributed by atoms with van der Waals surface area (Å²) in [4.78, 5) is 12.2. The van der Waals surface area contributed by atoms with Crippen LogP contribution in [-0.2, 0) is 6.42 Å². The van der Waals surface area contributed by atoms with E-state index < -0.39 is 17.3 Å². The summed E-state index contributed by atoms with van der Waals surface area (Å²) < 4.78 is 17.8. The summed E-state index contributed by atoms with van der Waals surface area (Å²) in [7, 11) is 0. The van der Waals surface area contributed by atoms with Crippen LogP contribution in [-0.4, -0.2) is 17.3 Å². The van der Waals surface area contributed by atoms with E-state index in [0.29, 0.717) is 29.3 Å². The highest BCUT2D eigenvalue weighted by Crippen LogP contribution is 2.51. The van der Waals surface area contributed by atoms with Gasteiger partial charge in [0, 0.05) is 12.0 Å². The van der Waals surface area contributed by atoms with Crippen molar-refractivity contribution in [3.05, 3.63) is 39.3 Å².